The minimum Gasteiger partial charge on any atom is -0.465 e. The zero-order valence-corrected chi connectivity index (χ0v) is 8.96. The topological polar surface area (TPSA) is 66.6 Å². The predicted octanol–water partition coefficient (Wildman–Crippen LogP) is 2.34. The van der Waals surface area contributed by atoms with Gasteiger partial charge in [-0.15, -0.1) is 0 Å². The summed E-state index contributed by atoms with van der Waals surface area (Å²) in [6.07, 6.45) is 2.14. The minimum atomic E-state index is -0.887. The number of carboxylic acid groups (broad SMARTS) is 1. The third-order valence-corrected chi connectivity index (χ3v) is 2.92. The van der Waals surface area contributed by atoms with E-state index in [1.165, 1.54) is 11.3 Å². The summed E-state index contributed by atoms with van der Waals surface area (Å²) in [5.41, 5.74) is 3.01. The number of aromatic nitrogens is 1. The van der Waals surface area contributed by atoms with Crippen LogP contribution in [0, 0.1) is 0 Å². The number of amides is 1. The molecule has 0 saturated carbocycles. The zero-order chi connectivity index (χ0) is 11.8. The molecule has 0 fully saturated rings. The molecule has 1 aliphatic rings. The van der Waals surface area contributed by atoms with Gasteiger partial charge in [-0.1, -0.05) is 12.1 Å². The monoisotopic (exact) mass is 230 g/mol. The fourth-order valence-electron chi connectivity index (χ4n) is 2.04. The van der Waals surface area contributed by atoms with Crippen LogP contribution in [0.25, 0.3) is 11.3 Å². The van der Waals surface area contributed by atoms with Crippen LogP contribution < -0.4 is 0 Å². The van der Waals surface area contributed by atoms with Gasteiger partial charge in [0.25, 0.3) is 0 Å². The van der Waals surface area contributed by atoms with Crippen LogP contribution in [0.15, 0.2) is 35.2 Å². The number of oxazole rings is 1. The average Bonchev–Trinajstić information content (AvgIpc) is 2.97. The quantitative estimate of drug-likeness (QED) is 0.816. The molecule has 1 aromatic carbocycles. The number of rotatable bonds is 1. The van der Waals surface area contributed by atoms with E-state index in [4.69, 9.17) is 9.52 Å². The third-order valence-electron chi connectivity index (χ3n) is 2.92. The lowest BCUT2D eigenvalue weighted by molar-refractivity contribution is 0.145. The van der Waals surface area contributed by atoms with Gasteiger partial charge in [0.2, 0.25) is 0 Å². The third kappa shape index (κ3) is 1.65. The van der Waals surface area contributed by atoms with Gasteiger partial charge in [-0.25, -0.2) is 9.78 Å². The molecule has 3 rings (SSSR count). The molecule has 0 spiro atoms. The van der Waals surface area contributed by atoms with Crippen molar-refractivity contribution in [3.05, 3.63) is 41.9 Å². The van der Waals surface area contributed by atoms with E-state index in [-0.39, 0.29) is 0 Å². The summed E-state index contributed by atoms with van der Waals surface area (Å²) in [7, 11) is 0. The van der Waals surface area contributed by atoms with Gasteiger partial charge < -0.3 is 9.52 Å². The van der Waals surface area contributed by atoms with Crippen LogP contribution in [-0.2, 0) is 13.1 Å². The summed E-state index contributed by atoms with van der Waals surface area (Å²) in [6.45, 7) is 0.897. The Bertz CT molecular complexity index is 563. The Morgan fingerprint density at radius 2 is 2.18 bits per heavy atom. The van der Waals surface area contributed by atoms with Crippen molar-refractivity contribution in [3.63, 3.8) is 0 Å². The predicted molar refractivity (Wildman–Crippen MR) is 59.2 cm³/mol. The molecule has 2 heterocycles. The van der Waals surface area contributed by atoms with Crippen molar-refractivity contribution < 1.29 is 14.3 Å². The molecule has 5 nitrogen and oxygen atoms in total. The molecule has 86 valence electrons. The number of hydrogen-bond acceptors (Lipinski definition) is 3. The van der Waals surface area contributed by atoms with Gasteiger partial charge >= 0.3 is 6.09 Å². The van der Waals surface area contributed by atoms with Gasteiger partial charge in [-0.3, -0.25) is 4.90 Å². The molecular formula is C12H10N2O3. The molecule has 0 aliphatic carbocycles. The van der Waals surface area contributed by atoms with Crippen molar-refractivity contribution in [1.82, 2.24) is 9.88 Å². The van der Waals surface area contributed by atoms with Gasteiger partial charge in [-0.2, -0.15) is 0 Å². The van der Waals surface area contributed by atoms with E-state index < -0.39 is 6.09 Å². The van der Waals surface area contributed by atoms with E-state index in [0.29, 0.717) is 18.8 Å². The highest BCUT2D eigenvalue weighted by Gasteiger charge is 2.23. The fraction of sp³-hybridized carbons (Fsp3) is 0.167. The van der Waals surface area contributed by atoms with Crippen molar-refractivity contribution in [1.29, 1.82) is 0 Å². The average molecular weight is 230 g/mol. The second kappa shape index (κ2) is 3.62. The van der Waals surface area contributed by atoms with Gasteiger partial charge in [0.15, 0.2) is 12.2 Å². The molecule has 1 aliphatic heterocycles. The molecule has 0 radical (unpaired) electrons. The van der Waals surface area contributed by atoms with E-state index in [1.807, 2.05) is 18.2 Å². The normalized spacial score (nSPS) is 13.8. The summed E-state index contributed by atoms with van der Waals surface area (Å²) >= 11 is 0. The van der Waals surface area contributed by atoms with Crippen molar-refractivity contribution in [3.8, 4) is 11.3 Å². The Morgan fingerprint density at radius 1 is 1.35 bits per heavy atom. The van der Waals surface area contributed by atoms with Crippen molar-refractivity contribution in [2.75, 3.05) is 0 Å². The largest absolute Gasteiger partial charge is 0.465 e. The summed E-state index contributed by atoms with van der Waals surface area (Å²) in [5, 5.41) is 8.94. The van der Waals surface area contributed by atoms with E-state index in [2.05, 4.69) is 4.98 Å². The summed E-state index contributed by atoms with van der Waals surface area (Å²) in [4.78, 5) is 16.1. The van der Waals surface area contributed by atoms with E-state index in [0.717, 1.165) is 16.7 Å². The lowest BCUT2D eigenvalue weighted by atomic mass is 10.1. The van der Waals surface area contributed by atoms with Gasteiger partial charge in [-0.05, 0) is 17.2 Å². The Hall–Kier alpha value is -2.30. The smallest absolute Gasteiger partial charge is 0.407 e. The molecule has 0 atom stereocenters. The Kier molecular flexibility index (Phi) is 2.11. The van der Waals surface area contributed by atoms with E-state index in [9.17, 15) is 4.79 Å². The Morgan fingerprint density at radius 3 is 2.88 bits per heavy atom. The first-order chi connectivity index (χ1) is 8.24. The van der Waals surface area contributed by atoms with Crippen LogP contribution in [0.2, 0.25) is 0 Å². The van der Waals surface area contributed by atoms with Crippen molar-refractivity contribution >= 4 is 6.09 Å². The van der Waals surface area contributed by atoms with Crippen molar-refractivity contribution in [2.45, 2.75) is 13.1 Å². The first-order valence-corrected chi connectivity index (χ1v) is 5.22. The molecular weight excluding hydrogens is 220 g/mol. The van der Waals surface area contributed by atoms with Crippen LogP contribution in [-0.4, -0.2) is 21.1 Å². The number of benzene rings is 1. The van der Waals surface area contributed by atoms with Crippen LogP contribution in [0.5, 0.6) is 0 Å². The number of carbonyl (C=O) groups is 1. The Balaban J connectivity index is 1.95. The maximum atomic E-state index is 10.9. The van der Waals surface area contributed by atoms with Crippen LogP contribution >= 0.6 is 0 Å². The standard InChI is InChI=1S/C12H10N2O3/c15-12(16)14-5-9-2-1-8(3-10(9)6-14)11-4-13-7-17-11/h1-4,7H,5-6H2,(H,15,16). The van der Waals surface area contributed by atoms with Crippen LogP contribution in [0.4, 0.5) is 4.79 Å². The molecule has 2 aromatic rings. The van der Waals surface area contributed by atoms with Gasteiger partial charge in [0.1, 0.15) is 0 Å². The fourth-order valence-corrected chi connectivity index (χ4v) is 2.04. The molecule has 0 saturated heterocycles. The first kappa shape index (κ1) is 9.89. The molecule has 0 unspecified atom stereocenters. The number of hydrogen-bond donors (Lipinski definition) is 1. The minimum absolute atomic E-state index is 0.437. The van der Waals surface area contributed by atoms with Gasteiger partial charge in [0.05, 0.1) is 6.20 Å². The second-order valence-electron chi connectivity index (χ2n) is 3.99. The van der Waals surface area contributed by atoms with E-state index in [1.54, 1.807) is 6.20 Å². The number of nitrogens with zero attached hydrogens (tertiary/aromatic N) is 2. The second-order valence-corrected chi connectivity index (χ2v) is 3.99. The highest BCUT2D eigenvalue weighted by molar-refractivity contribution is 5.67. The van der Waals surface area contributed by atoms with E-state index >= 15 is 0 Å². The summed E-state index contributed by atoms with van der Waals surface area (Å²) < 4.78 is 5.21. The summed E-state index contributed by atoms with van der Waals surface area (Å²) in [5.74, 6) is 0.696. The van der Waals surface area contributed by atoms with Gasteiger partial charge in [0, 0.05) is 18.7 Å². The molecule has 1 N–H and O–H groups in total. The molecule has 1 aromatic heterocycles. The molecule has 0 bridgehead atoms. The SMILES string of the molecule is O=C(O)N1Cc2ccc(-c3cnco3)cc2C1. The highest BCUT2D eigenvalue weighted by Crippen LogP contribution is 2.28. The van der Waals surface area contributed by atoms with Crippen molar-refractivity contribution in [2.24, 2.45) is 0 Å². The molecule has 5 heteroatoms. The number of fused-ring (bicyclic) bond motifs is 1. The zero-order valence-electron chi connectivity index (χ0n) is 8.96. The highest BCUT2D eigenvalue weighted by atomic mass is 16.4. The lowest BCUT2D eigenvalue weighted by Crippen LogP contribution is -2.22. The maximum absolute atomic E-state index is 10.9. The maximum Gasteiger partial charge on any atom is 0.407 e. The first-order valence-electron chi connectivity index (χ1n) is 5.22. The van der Waals surface area contributed by atoms with Crippen LogP contribution in [0.1, 0.15) is 11.1 Å². The molecule has 17 heavy (non-hydrogen) atoms. The summed E-state index contributed by atoms with van der Waals surface area (Å²) in [6, 6.07) is 5.82. The lowest BCUT2D eigenvalue weighted by Gasteiger charge is -2.08. The van der Waals surface area contributed by atoms with Crippen LogP contribution in [0.3, 0.4) is 0 Å². The molecule has 1 amide bonds. The Labute approximate surface area is 97.3 Å².